The number of carboxylic acid groups (broad SMARTS) is 1. The molecule has 9 N–H and O–H groups in total. The van der Waals surface area contributed by atoms with Gasteiger partial charge in [-0.1, -0.05) is 20.3 Å². The number of rotatable bonds is 16. The van der Waals surface area contributed by atoms with Gasteiger partial charge in [0.05, 0.1) is 18.8 Å². The summed E-state index contributed by atoms with van der Waals surface area (Å²) in [4.78, 5) is 68.2. The van der Waals surface area contributed by atoms with Crippen LogP contribution < -0.4 is 27.4 Å². The highest BCUT2D eigenvalue weighted by atomic mass is 32.2. The third-order valence-electron chi connectivity index (χ3n) is 5.39. The molecule has 1 rings (SSSR count). The van der Waals surface area contributed by atoms with E-state index in [4.69, 9.17) is 11.5 Å². The van der Waals surface area contributed by atoms with E-state index in [1.165, 1.54) is 24.3 Å². The Morgan fingerprint density at radius 2 is 1.77 bits per heavy atom. The number of imidazole rings is 1. The number of aromatic amines is 1. The van der Waals surface area contributed by atoms with Gasteiger partial charge in [-0.05, 0) is 24.3 Å². The zero-order valence-electron chi connectivity index (χ0n) is 20.1. The summed E-state index contributed by atoms with van der Waals surface area (Å²) in [6, 6.07) is -4.64. The van der Waals surface area contributed by atoms with Crippen molar-refractivity contribution in [2.24, 2.45) is 17.4 Å². The molecule has 0 fully saturated rings. The summed E-state index contributed by atoms with van der Waals surface area (Å²) < 4.78 is 0. The monoisotopic (exact) mass is 513 g/mol. The van der Waals surface area contributed by atoms with Gasteiger partial charge in [0.1, 0.15) is 18.1 Å². The molecule has 0 radical (unpaired) electrons. The summed E-state index contributed by atoms with van der Waals surface area (Å²) in [5.41, 5.74) is 11.8. The first-order valence-electron chi connectivity index (χ1n) is 11.1. The number of carboxylic acids is 1. The van der Waals surface area contributed by atoms with Crippen molar-refractivity contribution in [2.45, 2.75) is 63.7 Å². The largest absolute Gasteiger partial charge is 0.480 e. The standard InChI is InChI=1S/C21H35N7O6S/c1-4-11(2)17(20(32)26-14(21(33)34)5-6-35-3)28-19(31)15(8-16(23)29)27-18(30)13(22)7-12-9-24-10-25-12/h9-11,13-15,17H,4-8,22H2,1-3H3,(H2,23,29)(H,24,25)(H,26,32)(H,27,30)(H,28,31)(H,33,34). The van der Waals surface area contributed by atoms with E-state index in [2.05, 4.69) is 25.9 Å². The van der Waals surface area contributed by atoms with Crippen molar-refractivity contribution < 1.29 is 29.1 Å². The predicted octanol–water partition coefficient (Wildman–Crippen LogP) is -1.51. The summed E-state index contributed by atoms with van der Waals surface area (Å²) in [7, 11) is 0. The van der Waals surface area contributed by atoms with E-state index >= 15 is 0 Å². The highest BCUT2D eigenvalue weighted by Crippen LogP contribution is 2.11. The van der Waals surface area contributed by atoms with E-state index in [0.717, 1.165) is 0 Å². The molecular weight excluding hydrogens is 478 g/mol. The smallest absolute Gasteiger partial charge is 0.326 e. The van der Waals surface area contributed by atoms with Crippen LogP contribution in [-0.2, 0) is 30.4 Å². The first-order chi connectivity index (χ1) is 16.5. The lowest BCUT2D eigenvalue weighted by Gasteiger charge is -2.27. The topological polar surface area (TPSA) is 222 Å². The average Bonchev–Trinajstić information content (AvgIpc) is 3.31. The van der Waals surface area contributed by atoms with Gasteiger partial charge in [-0.15, -0.1) is 0 Å². The Morgan fingerprint density at radius 3 is 2.29 bits per heavy atom. The van der Waals surface area contributed by atoms with Gasteiger partial charge in [-0.25, -0.2) is 9.78 Å². The highest BCUT2D eigenvalue weighted by Gasteiger charge is 2.33. The van der Waals surface area contributed by atoms with Gasteiger partial charge >= 0.3 is 5.97 Å². The molecule has 0 spiro atoms. The molecule has 0 aliphatic heterocycles. The Morgan fingerprint density at radius 1 is 1.11 bits per heavy atom. The lowest BCUT2D eigenvalue weighted by molar-refractivity contribution is -0.142. The van der Waals surface area contributed by atoms with Gasteiger partial charge in [0, 0.05) is 18.3 Å². The van der Waals surface area contributed by atoms with Crippen LogP contribution in [0.3, 0.4) is 0 Å². The molecule has 0 aromatic carbocycles. The van der Waals surface area contributed by atoms with Crippen LogP contribution in [0.1, 0.15) is 38.8 Å². The fraction of sp³-hybridized carbons (Fsp3) is 0.619. The number of nitrogens with one attached hydrogen (secondary N) is 4. The number of nitrogens with two attached hydrogens (primary N) is 2. The molecule has 0 saturated carbocycles. The molecule has 0 aliphatic rings. The lowest BCUT2D eigenvalue weighted by atomic mass is 9.97. The second-order valence-corrected chi connectivity index (χ2v) is 9.16. The molecule has 14 heteroatoms. The summed E-state index contributed by atoms with van der Waals surface area (Å²) in [6.45, 7) is 3.51. The van der Waals surface area contributed by atoms with E-state index in [-0.39, 0.29) is 18.8 Å². The number of hydrogen-bond acceptors (Lipinski definition) is 8. The first-order valence-corrected chi connectivity index (χ1v) is 12.5. The maximum Gasteiger partial charge on any atom is 0.326 e. The van der Waals surface area contributed by atoms with Crippen molar-refractivity contribution in [3.05, 3.63) is 18.2 Å². The van der Waals surface area contributed by atoms with Crippen molar-refractivity contribution >= 4 is 41.4 Å². The van der Waals surface area contributed by atoms with Gasteiger partial charge in [-0.2, -0.15) is 11.8 Å². The van der Waals surface area contributed by atoms with Crippen molar-refractivity contribution in [3.8, 4) is 0 Å². The number of aliphatic carboxylic acids is 1. The van der Waals surface area contributed by atoms with Gasteiger partial charge in [-0.3, -0.25) is 19.2 Å². The Labute approximate surface area is 207 Å². The van der Waals surface area contributed by atoms with E-state index < -0.39 is 60.2 Å². The molecule has 196 valence electrons. The van der Waals surface area contributed by atoms with Crippen LogP contribution in [0, 0.1) is 5.92 Å². The van der Waals surface area contributed by atoms with Crippen molar-refractivity contribution in [1.29, 1.82) is 0 Å². The first kappa shape index (κ1) is 29.9. The molecule has 5 atom stereocenters. The Hall–Kier alpha value is -3.13. The fourth-order valence-corrected chi connectivity index (χ4v) is 3.60. The minimum absolute atomic E-state index is 0.112. The molecule has 0 saturated heterocycles. The number of nitrogens with zero attached hydrogens (tertiary/aromatic N) is 1. The predicted molar refractivity (Wildman–Crippen MR) is 130 cm³/mol. The Balaban J connectivity index is 2.96. The summed E-state index contributed by atoms with van der Waals surface area (Å²) >= 11 is 1.44. The number of carbonyl (C=O) groups excluding carboxylic acids is 4. The van der Waals surface area contributed by atoms with Gasteiger partial charge < -0.3 is 37.5 Å². The zero-order valence-corrected chi connectivity index (χ0v) is 20.9. The van der Waals surface area contributed by atoms with Gasteiger partial charge in [0.2, 0.25) is 23.6 Å². The number of primary amides is 1. The highest BCUT2D eigenvalue weighted by molar-refractivity contribution is 7.98. The number of thioether (sulfide) groups is 1. The number of H-pyrrole nitrogens is 1. The van der Waals surface area contributed by atoms with Crippen LogP contribution in [0.15, 0.2) is 12.5 Å². The second kappa shape index (κ2) is 15.0. The average molecular weight is 514 g/mol. The molecule has 35 heavy (non-hydrogen) atoms. The van der Waals surface area contributed by atoms with Crippen LogP contribution >= 0.6 is 11.8 Å². The molecule has 1 aromatic heterocycles. The van der Waals surface area contributed by atoms with Gasteiger partial charge in [0.15, 0.2) is 0 Å². The van der Waals surface area contributed by atoms with Crippen LogP contribution in [-0.4, -0.2) is 80.8 Å². The molecular formula is C21H35N7O6S. The van der Waals surface area contributed by atoms with E-state index in [1.54, 1.807) is 13.8 Å². The molecule has 13 nitrogen and oxygen atoms in total. The van der Waals surface area contributed by atoms with Crippen LogP contribution in [0.25, 0.3) is 0 Å². The van der Waals surface area contributed by atoms with E-state index in [9.17, 15) is 29.1 Å². The maximum absolute atomic E-state index is 13.0. The molecule has 0 aliphatic carbocycles. The third-order valence-corrected chi connectivity index (χ3v) is 6.03. The SMILES string of the molecule is CCC(C)C(NC(=O)C(CC(N)=O)NC(=O)C(N)Cc1cnc[nH]1)C(=O)NC(CCSC)C(=O)O. The van der Waals surface area contributed by atoms with Crippen molar-refractivity contribution in [2.75, 3.05) is 12.0 Å². The van der Waals surface area contributed by atoms with E-state index in [1.807, 2.05) is 6.26 Å². The summed E-state index contributed by atoms with van der Waals surface area (Å²) in [6.07, 6.45) is 5.03. The third kappa shape index (κ3) is 10.3. The Bertz CT molecular complexity index is 866. The molecule has 4 amide bonds. The molecule has 5 unspecified atom stereocenters. The lowest BCUT2D eigenvalue weighted by Crippen LogP contribution is -2.59. The fourth-order valence-electron chi connectivity index (χ4n) is 3.13. The summed E-state index contributed by atoms with van der Waals surface area (Å²) in [5.74, 6) is -4.09. The zero-order chi connectivity index (χ0) is 26.5. The molecule has 0 bridgehead atoms. The summed E-state index contributed by atoms with van der Waals surface area (Å²) in [5, 5.41) is 16.8. The number of carbonyl (C=O) groups is 5. The van der Waals surface area contributed by atoms with E-state index in [0.29, 0.717) is 17.9 Å². The normalized spacial score (nSPS) is 15.2. The minimum Gasteiger partial charge on any atom is -0.480 e. The van der Waals surface area contributed by atoms with Crippen LogP contribution in [0.4, 0.5) is 0 Å². The minimum atomic E-state index is -1.38. The maximum atomic E-state index is 13.0. The Kier molecular flexibility index (Phi) is 12.8. The van der Waals surface area contributed by atoms with Crippen molar-refractivity contribution in [3.63, 3.8) is 0 Å². The van der Waals surface area contributed by atoms with Crippen LogP contribution in [0.5, 0.6) is 0 Å². The molecule has 1 aromatic rings. The number of hydrogen-bond donors (Lipinski definition) is 7. The quantitative estimate of drug-likeness (QED) is 0.136. The number of aromatic nitrogens is 2. The van der Waals surface area contributed by atoms with Crippen LogP contribution in [0.2, 0.25) is 0 Å². The van der Waals surface area contributed by atoms with Gasteiger partial charge in [0.25, 0.3) is 0 Å². The second-order valence-electron chi connectivity index (χ2n) is 8.17. The molecule has 1 heterocycles. The van der Waals surface area contributed by atoms with Crippen molar-refractivity contribution in [1.82, 2.24) is 25.9 Å². The number of amides is 4.